The molecule has 1 atom stereocenters. The number of aryl methyl sites for hydroxylation is 2. The van der Waals surface area contributed by atoms with Gasteiger partial charge >= 0.3 is 0 Å². The Bertz CT molecular complexity index is 289. The number of nitrogens with two attached hydrogens (primary N) is 1. The summed E-state index contributed by atoms with van der Waals surface area (Å²) >= 11 is 0. The molecule has 1 aromatic rings. The lowest BCUT2D eigenvalue weighted by Gasteiger charge is -2.08. The summed E-state index contributed by atoms with van der Waals surface area (Å²) in [6.45, 7) is 7.85. The first-order chi connectivity index (χ1) is 5.65. The fourth-order valence-electron chi connectivity index (χ4n) is 1.11. The zero-order chi connectivity index (χ0) is 9.14. The molecule has 1 unspecified atom stereocenters. The number of rotatable bonds is 2. The Morgan fingerprint density at radius 3 is 2.50 bits per heavy atom. The SMILES string of the molecule is C=CC(N)c1ccc(C)c(C)c1. The van der Waals surface area contributed by atoms with Crippen LogP contribution in [0.5, 0.6) is 0 Å². The van der Waals surface area contributed by atoms with Gasteiger partial charge in [-0.1, -0.05) is 24.3 Å². The van der Waals surface area contributed by atoms with E-state index in [2.05, 4.69) is 38.6 Å². The van der Waals surface area contributed by atoms with Crippen molar-refractivity contribution in [3.05, 3.63) is 47.5 Å². The van der Waals surface area contributed by atoms with Crippen LogP contribution in [0.15, 0.2) is 30.9 Å². The molecule has 1 nitrogen and oxygen atoms in total. The van der Waals surface area contributed by atoms with Crippen molar-refractivity contribution in [2.24, 2.45) is 5.73 Å². The van der Waals surface area contributed by atoms with Gasteiger partial charge in [0.2, 0.25) is 0 Å². The molecule has 0 saturated heterocycles. The van der Waals surface area contributed by atoms with E-state index in [1.165, 1.54) is 11.1 Å². The Labute approximate surface area is 73.9 Å². The smallest absolute Gasteiger partial charge is 0.0478 e. The van der Waals surface area contributed by atoms with Gasteiger partial charge in [-0.05, 0) is 30.5 Å². The van der Waals surface area contributed by atoms with Crippen LogP contribution in [-0.4, -0.2) is 0 Å². The molecule has 0 aliphatic carbocycles. The second-order valence-corrected chi connectivity index (χ2v) is 3.11. The molecule has 0 bridgehead atoms. The average Bonchev–Trinajstić information content (AvgIpc) is 2.08. The van der Waals surface area contributed by atoms with Crippen molar-refractivity contribution in [2.45, 2.75) is 19.9 Å². The Morgan fingerprint density at radius 2 is 2.00 bits per heavy atom. The molecule has 0 fully saturated rings. The van der Waals surface area contributed by atoms with E-state index in [1.54, 1.807) is 6.08 Å². The summed E-state index contributed by atoms with van der Waals surface area (Å²) in [4.78, 5) is 0. The Kier molecular flexibility index (Phi) is 2.66. The molecule has 0 aliphatic rings. The fraction of sp³-hybridized carbons (Fsp3) is 0.273. The predicted molar refractivity (Wildman–Crippen MR) is 53.0 cm³/mol. The van der Waals surface area contributed by atoms with Gasteiger partial charge in [-0.25, -0.2) is 0 Å². The molecule has 1 heteroatoms. The molecular formula is C11H15N. The van der Waals surface area contributed by atoms with Gasteiger partial charge in [0.1, 0.15) is 0 Å². The van der Waals surface area contributed by atoms with Gasteiger partial charge in [0.15, 0.2) is 0 Å². The molecule has 0 aromatic heterocycles. The van der Waals surface area contributed by atoms with E-state index in [-0.39, 0.29) is 6.04 Å². The highest BCUT2D eigenvalue weighted by molar-refractivity contribution is 5.32. The van der Waals surface area contributed by atoms with E-state index in [0.717, 1.165) is 5.56 Å². The summed E-state index contributed by atoms with van der Waals surface area (Å²) in [5.41, 5.74) is 9.51. The van der Waals surface area contributed by atoms with Gasteiger partial charge in [0.05, 0.1) is 0 Å². The normalized spacial score (nSPS) is 12.6. The lowest BCUT2D eigenvalue weighted by atomic mass is 10.0. The molecule has 0 heterocycles. The first-order valence-electron chi connectivity index (χ1n) is 4.10. The minimum absolute atomic E-state index is 0.0377. The van der Waals surface area contributed by atoms with E-state index in [1.807, 2.05) is 0 Å². The van der Waals surface area contributed by atoms with Crippen LogP contribution in [0.25, 0.3) is 0 Å². The van der Waals surface area contributed by atoms with Crippen LogP contribution in [0.3, 0.4) is 0 Å². The largest absolute Gasteiger partial charge is 0.321 e. The highest BCUT2D eigenvalue weighted by Crippen LogP contribution is 2.15. The van der Waals surface area contributed by atoms with Crippen molar-refractivity contribution >= 4 is 0 Å². The number of benzene rings is 1. The molecule has 0 saturated carbocycles. The molecule has 1 rings (SSSR count). The Balaban J connectivity index is 3.04. The summed E-state index contributed by atoms with van der Waals surface area (Å²) < 4.78 is 0. The van der Waals surface area contributed by atoms with Crippen molar-refractivity contribution in [1.29, 1.82) is 0 Å². The minimum Gasteiger partial charge on any atom is -0.321 e. The van der Waals surface area contributed by atoms with Gasteiger partial charge in [-0.15, -0.1) is 6.58 Å². The molecular weight excluding hydrogens is 146 g/mol. The highest BCUT2D eigenvalue weighted by Gasteiger charge is 2.01. The first kappa shape index (κ1) is 9.01. The fourth-order valence-corrected chi connectivity index (χ4v) is 1.11. The Hall–Kier alpha value is -1.08. The summed E-state index contributed by atoms with van der Waals surface area (Å²) in [5.74, 6) is 0. The van der Waals surface area contributed by atoms with E-state index >= 15 is 0 Å². The molecule has 64 valence electrons. The van der Waals surface area contributed by atoms with Gasteiger partial charge in [-0.2, -0.15) is 0 Å². The molecule has 0 aliphatic heterocycles. The van der Waals surface area contributed by atoms with Crippen molar-refractivity contribution in [3.8, 4) is 0 Å². The summed E-state index contributed by atoms with van der Waals surface area (Å²) in [7, 11) is 0. The molecule has 12 heavy (non-hydrogen) atoms. The Morgan fingerprint density at radius 1 is 1.33 bits per heavy atom. The average molecular weight is 161 g/mol. The summed E-state index contributed by atoms with van der Waals surface area (Å²) in [6, 6.07) is 6.22. The topological polar surface area (TPSA) is 26.0 Å². The van der Waals surface area contributed by atoms with Crippen LogP contribution < -0.4 is 5.73 Å². The van der Waals surface area contributed by atoms with Crippen LogP contribution in [0, 0.1) is 13.8 Å². The summed E-state index contributed by atoms with van der Waals surface area (Å²) in [6.07, 6.45) is 1.75. The van der Waals surface area contributed by atoms with Gasteiger partial charge in [0.25, 0.3) is 0 Å². The van der Waals surface area contributed by atoms with Gasteiger partial charge < -0.3 is 5.73 Å². The zero-order valence-corrected chi connectivity index (χ0v) is 7.67. The van der Waals surface area contributed by atoms with Crippen LogP contribution >= 0.6 is 0 Å². The van der Waals surface area contributed by atoms with Crippen molar-refractivity contribution in [1.82, 2.24) is 0 Å². The van der Waals surface area contributed by atoms with E-state index < -0.39 is 0 Å². The van der Waals surface area contributed by atoms with Crippen LogP contribution in [0.4, 0.5) is 0 Å². The molecule has 0 spiro atoms. The summed E-state index contributed by atoms with van der Waals surface area (Å²) in [5, 5.41) is 0. The lowest BCUT2D eigenvalue weighted by molar-refractivity contribution is 0.911. The second kappa shape index (κ2) is 3.55. The third-order valence-electron chi connectivity index (χ3n) is 2.17. The van der Waals surface area contributed by atoms with E-state index in [9.17, 15) is 0 Å². The monoisotopic (exact) mass is 161 g/mol. The third-order valence-corrected chi connectivity index (χ3v) is 2.17. The standard InChI is InChI=1S/C11H15N/c1-4-11(12)10-6-5-8(2)9(3)7-10/h4-7,11H,1,12H2,2-3H3. The van der Waals surface area contributed by atoms with E-state index in [0.29, 0.717) is 0 Å². The van der Waals surface area contributed by atoms with Crippen LogP contribution in [0.2, 0.25) is 0 Å². The van der Waals surface area contributed by atoms with Crippen molar-refractivity contribution < 1.29 is 0 Å². The maximum absolute atomic E-state index is 5.80. The van der Waals surface area contributed by atoms with Crippen LogP contribution in [0.1, 0.15) is 22.7 Å². The number of hydrogen-bond donors (Lipinski definition) is 1. The predicted octanol–water partition coefficient (Wildman–Crippen LogP) is 2.49. The second-order valence-electron chi connectivity index (χ2n) is 3.11. The zero-order valence-electron chi connectivity index (χ0n) is 7.67. The molecule has 2 N–H and O–H groups in total. The third kappa shape index (κ3) is 1.74. The number of hydrogen-bond acceptors (Lipinski definition) is 1. The van der Waals surface area contributed by atoms with Crippen molar-refractivity contribution in [2.75, 3.05) is 0 Å². The molecule has 0 radical (unpaired) electrons. The van der Waals surface area contributed by atoms with Gasteiger partial charge in [0, 0.05) is 6.04 Å². The highest BCUT2D eigenvalue weighted by atomic mass is 14.6. The maximum Gasteiger partial charge on any atom is 0.0478 e. The lowest BCUT2D eigenvalue weighted by Crippen LogP contribution is -2.06. The van der Waals surface area contributed by atoms with Crippen LogP contribution in [-0.2, 0) is 0 Å². The van der Waals surface area contributed by atoms with Gasteiger partial charge in [-0.3, -0.25) is 0 Å². The first-order valence-corrected chi connectivity index (χ1v) is 4.10. The van der Waals surface area contributed by atoms with E-state index in [4.69, 9.17) is 5.73 Å². The molecule has 0 amide bonds. The minimum atomic E-state index is -0.0377. The molecule has 1 aromatic carbocycles. The quantitative estimate of drug-likeness (QED) is 0.662. The van der Waals surface area contributed by atoms with Crippen molar-refractivity contribution in [3.63, 3.8) is 0 Å². The maximum atomic E-state index is 5.80.